The zero-order valence-corrected chi connectivity index (χ0v) is 15.8. The molecule has 1 unspecified atom stereocenters. The molecule has 0 spiro atoms. The third-order valence-electron chi connectivity index (χ3n) is 3.51. The molecule has 0 aliphatic rings. The zero-order chi connectivity index (χ0) is 18.1. The summed E-state index contributed by atoms with van der Waals surface area (Å²) in [5.74, 6) is 6.67. The maximum atomic E-state index is 11.0. The molecule has 0 aliphatic carbocycles. The van der Waals surface area contributed by atoms with E-state index in [0.717, 1.165) is 17.0 Å². The smallest absolute Gasteiger partial charge is 0.279 e. The monoisotopic (exact) mass is 356 g/mol. The van der Waals surface area contributed by atoms with Crippen LogP contribution in [0.25, 0.3) is 0 Å². The Balaban J connectivity index is 1.90. The lowest BCUT2D eigenvalue weighted by atomic mass is 10.1. The standard InChI is InChI=1S/C20H24N2O2S/c1-4-5-6-7-17-9-11-18(12-10-17)24-20-21-14-19(25-20)13-8-15(2)22-16(3)23/h9-12,14-15H,4-7H2,1-3H3,(H,22,23). The van der Waals surface area contributed by atoms with E-state index < -0.39 is 0 Å². The normalized spacial score (nSPS) is 11.3. The van der Waals surface area contributed by atoms with Gasteiger partial charge in [-0.25, -0.2) is 4.98 Å². The van der Waals surface area contributed by atoms with Crippen molar-refractivity contribution in [1.29, 1.82) is 0 Å². The molecule has 0 bridgehead atoms. The second-order valence-electron chi connectivity index (χ2n) is 5.89. The van der Waals surface area contributed by atoms with Gasteiger partial charge in [0.25, 0.3) is 5.19 Å². The SMILES string of the molecule is CCCCCc1ccc(Oc2ncc(C#CC(C)NC(C)=O)s2)cc1. The summed E-state index contributed by atoms with van der Waals surface area (Å²) < 4.78 is 5.78. The summed E-state index contributed by atoms with van der Waals surface area (Å²) in [6, 6.07) is 7.98. The molecule has 0 saturated carbocycles. The Labute approximate surface area is 153 Å². The highest BCUT2D eigenvalue weighted by atomic mass is 32.1. The van der Waals surface area contributed by atoms with E-state index >= 15 is 0 Å². The molecular weight excluding hydrogens is 332 g/mol. The van der Waals surface area contributed by atoms with Crippen molar-refractivity contribution in [3.05, 3.63) is 40.9 Å². The summed E-state index contributed by atoms with van der Waals surface area (Å²) in [7, 11) is 0. The van der Waals surface area contributed by atoms with Crippen molar-refractivity contribution in [2.45, 2.75) is 52.5 Å². The minimum absolute atomic E-state index is 0.0896. The fourth-order valence-corrected chi connectivity index (χ4v) is 2.93. The lowest BCUT2D eigenvalue weighted by Gasteiger charge is -2.04. The predicted molar refractivity (Wildman–Crippen MR) is 102 cm³/mol. The topological polar surface area (TPSA) is 51.2 Å². The minimum Gasteiger partial charge on any atom is -0.431 e. The van der Waals surface area contributed by atoms with Gasteiger partial charge in [0.15, 0.2) is 0 Å². The van der Waals surface area contributed by atoms with E-state index in [2.05, 4.69) is 41.2 Å². The van der Waals surface area contributed by atoms with Gasteiger partial charge in [-0.2, -0.15) is 0 Å². The summed E-state index contributed by atoms with van der Waals surface area (Å²) in [6.07, 6.45) is 6.52. The third-order valence-corrected chi connectivity index (χ3v) is 4.30. The summed E-state index contributed by atoms with van der Waals surface area (Å²) in [5.41, 5.74) is 1.33. The Bertz CT molecular complexity index is 741. The second-order valence-corrected chi connectivity index (χ2v) is 6.88. The highest BCUT2D eigenvalue weighted by Gasteiger charge is 2.04. The fourth-order valence-electron chi connectivity index (χ4n) is 2.29. The van der Waals surface area contributed by atoms with E-state index in [1.54, 1.807) is 6.20 Å². The Morgan fingerprint density at radius 3 is 2.76 bits per heavy atom. The van der Waals surface area contributed by atoms with E-state index in [4.69, 9.17) is 4.74 Å². The van der Waals surface area contributed by atoms with Crippen molar-refractivity contribution >= 4 is 17.2 Å². The van der Waals surface area contributed by atoms with Crippen LogP contribution in [0.1, 0.15) is 50.5 Å². The van der Waals surface area contributed by atoms with Crippen molar-refractivity contribution in [2.75, 3.05) is 0 Å². The van der Waals surface area contributed by atoms with Crippen molar-refractivity contribution in [3.63, 3.8) is 0 Å². The molecule has 1 amide bonds. The van der Waals surface area contributed by atoms with Gasteiger partial charge in [-0.05, 0) is 37.5 Å². The second kappa shape index (κ2) is 9.85. The lowest BCUT2D eigenvalue weighted by molar-refractivity contribution is -0.119. The number of ether oxygens (including phenoxy) is 1. The maximum Gasteiger partial charge on any atom is 0.279 e. The van der Waals surface area contributed by atoms with Gasteiger partial charge < -0.3 is 10.1 Å². The van der Waals surface area contributed by atoms with Crippen LogP contribution in [0, 0.1) is 11.8 Å². The number of nitrogens with one attached hydrogen (secondary N) is 1. The van der Waals surface area contributed by atoms with E-state index in [-0.39, 0.29) is 11.9 Å². The first-order valence-electron chi connectivity index (χ1n) is 8.58. The largest absolute Gasteiger partial charge is 0.431 e. The van der Waals surface area contributed by atoms with Crippen LogP contribution in [-0.4, -0.2) is 16.9 Å². The lowest BCUT2D eigenvalue weighted by Crippen LogP contribution is -2.28. The molecule has 5 heteroatoms. The van der Waals surface area contributed by atoms with E-state index in [1.165, 1.54) is 43.1 Å². The van der Waals surface area contributed by atoms with Crippen molar-refractivity contribution in [1.82, 2.24) is 10.3 Å². The number of amides is 1. The summed E-state index contributed by atoms with van der Waals surface area (Å²) in [5, 5.41) is 3.29. The number of unbranched alkanes of at least 4 members (excludes halogenated alkanes) is 2. The van der Waals surface area contributed by atoms with Crippen LogP contribution in [0.15, 0.2) is 30.5 Å². The van der Waals surface area contributed by atoms with Crippen molar-refractivity contribution in [3.8, 4) is 22.8 Å². The summed E-state index contributed by atoms with van der Waals surface area (Å²) >= 11 is 1.39. The van der Waals surface area contributed by atoms with Gasteiger partial charge in [-0.15, -0.1) is 0 Å². The molecule has 25 heavy (non-hydrogen) atoms. The number of carbonyl (C=O) groups is 1. The van der Waals surface area contributed by atoms with E-state index in [1.807, 2.05) is 19.1 Å². The van der Waals surface area contributed by atoms with Crippen LogP contribution in [0.2, 0.25) is 0 Å². The third kappa shape index (κ3) is 6.98. The van der Waals surface area contributed by atoms with Gasteiger partial charge >= 0.3 is 0 Å². The molecule has 1 atom stereocenters. The highest BCUT2D eigenvalue weighted by molar-refractivity contribution is 7.13. The molecule has 1 heterocycles. The van der Waals surface area contributed by atoms with E-state index in [0.29, 0.717) is 5.19 Å². The molecule has 0 fully saturated rings. The van der Waals surface area contributed by atoms with Crippen molar-refractivity contribution in [2.24, 2.45) is 0 Å². The number of hydrogen-bond acceptors (Lipinski definition) is 4. The number of aryl methyl sites for hydroxylation is 1. The van der Waals surface area contributed by atoms with Gasteiger partial charge in [0.05, 0.1) is 12.2 Å². The average Bonchev–Trinajstić information content (AvgIpc) is 3.02. The van der Waals surface area contributed by atoms with Crippen LogP contribution in [0.3, 0.4) is 0 Å². The average molecular weight is 356 g/mol. The Morgan fingerprint density at radius 2 is 2.08 bits per heavy atom. The Hall–Kier alpha value is -2.32. The summed E-state index contributed by atoms with van der Waals surface area (Å²) in [6.45, 7) is 5.53. The minimum atomic E-state index is -0.191. The van der Waals surface area contributed by atoms with Crippen LogP contribution in [0.5, 0.6) is 10.9 Å². The highest BCUT2D eigenvalue weighted by Crippen LogP contribution is 2.26. The first-order valence-corrected chi connectivity index (χ1v) is 9.39. The van der Waals surface area contributed by atoms with Crippen LogP contribution < -0.4 is 10.1 Å². The molecule has 132 valence electrons. The van der Waals surface area contributed by atoms with Gasteiger partial charge in [0.1, 0.15) is 10.6 Å². The molecule has 0 radical (unpaired) electrons. The molecule has 0 aliphatic heterocycles. The number of carbonyl (C=O) groups excluding carboxylic acids is 1. The number of rotatable bonds is 7. The molecule has 2 rings (SSSR count). The van der Waals surface area contributed by atoms with Crippen LogP contribution >= 0.6 is 11.3 Å². The molecule has 1 aromatic heterocycles. The first-order chi connectivity index (χ1) is 12.1. The van der Waals surface area contributed by atoms with Gasteiger partial charge in [-0.1, -0.05) is 55.1 Å². The number of thiazole rings is 1. The van der Waals surface area contributed by atoms with Crippen molar-refractivity contribution < 1.29 is 9.53 Å². The number of hydrogen-bond donors (Lipinski definition) is 1. The van der Waals surface area contributed by atoms with Crippen LogP contribution in [0.4, 0.5) is 0 Å². The maximum absolute atomic E-state index is 11.0. The Kier molecular flexibility index (Phi) is 7.49. The van der Waals surface area contributed by atoms with Crippen LogP contribution in [-0.2, 0) is 11.2 Å². The van der Waals surface area contributed by atoms with E-state index in [9.17, 15) is 4.79 Å². The molecule has 1 N–H and O–H groups in total. The number of benzene rings is 1. The fraction of sp³-hybridized carbons (Fsp3) is 0.400. The molecule has 4 nitrogen and oxygen atoms in total. The zero-order valence-electron chi connectivity index (χ0n) is 15.0. The summed E-state index contributed by atoms with van der Waals surface area (Å²) in [4.78, 5) is 16.0. The van der Waals surface area contributed by atoms with Gasteiger partial charge in [-0.3, -0.25) is 4.79 Å². The van der Waals surface area contributed by atoms with Gasteiger partial charge in [0.2, 0.25) is 5.91 Å². The number of aromatic nitrogens is 1. The first kappa shape index (κ1) is 19.0. The molecule has 2 aromatic rings. The molecular formula is C20H24N2O2S. The van der Waals surface area contributed by atoms with Gasteiger partial charge in [0, 0.05) is 6.92 Å². The quantitative estimate of drug-likeness (QED) is 0.585. The Morgan fingerprint density at radius 1 is 1.32 bits per heavy atom. The number of nitrogens with zero attached hydrogens (tertiary/aromatic N) is 1. The molecule has 0 saturated heterocycles. The predicted octanol–water partition coefficient (Wildman–Crippen LogP) is 4.54. The molecule has 1 aromatic carbocycles.